The van der Waals surface area contributed by atoms with Crippen LogP contribution >= 0.6 is 0 Å². The van der Waals surface area contributed by atoms with Crippen molar-refractivity contribution in [3.8, 4) is 11.5 Å². The summed E-state index contributed by atoms with van der Waals surface area (Å²) in [4.78, 5) is 9.30. The van der Waals surface area contributed by atoms with E-state index >= 15 is 0 Å². The lowest BCUT2D eigenvalue weighted by Gasteiger charge is -2.23. The zero-order chi connectivity index (χ0) is 21.1. The maximum atomic E-state index is 6.07. The first kappa shape index (κ1) is 23.3. The van der Waals surface area contributed by atoms with E-state index in [1.807, 2.05) is 18.2 Å². The van der Waals surface area contributed by atoms with Gasteiger partial charge in [-0.25, -0.2) is 4.99 Å². The number of ether oxygens (including phenoxy) is 2. The minimum Gasteiger partial charge on any atom is -0.493 e. The predicted molar refractivity (Wildman–Crippen MR) is 120 cm³/mol. The monoisotopic (exact) mass is 405 g/mol. The molecule has 1 atom stereocenters. The number of benzene rings is 1. The van der Waals surface area contributed by atoms with E-state index in [4.69, 9.17) is 15.2 Å². The van der Waals surface area contributed by atoms with E-state index in [0.717, 1.165) is 49.8 Å². The number of guanidine groups is 1. The molecule has 164 valence electrons. The molecule has 1 aliphatic rings. The van der Waals surface area contributed by atoms with Crippen molar-refractivity contribution in [1.82, 2.24) is 15.1 Å². The van der Waals surface area contributed by atoms with E-state index in [1.54, 1.807) is 7.11 Å². The van der Waals surface area contributed by atoms with Crippen LogP contribution in [-0.4, -0.2) is 74.8 Å². The Bertz CT molecular complexity index is 634. The molecule has 0 bridgehead atoms. The second-order valence-electron chi connectivity index (χ2n) is 7.37. The number of likely N-dealkylation sites (N-methyl/N-ethyl adjacent to an activating group) is 2. The van der Waals surface area contributed by atoms with Crippen molar-refractivity contribution in [2.24, 2.45) is 10.7 Å². The number of aliphatic imine (C=N–C) groups is 1. The van der Waals surface area contributed by atoms with Crippen LogP contribution in [0.5, 0.6) is 11.5 Å². The third-order valence-corrected chi connectivity index (χ3v) is 5.64. The van der Waals surface area contributed by atoms with E-state index in [2.05, 4.69) is 40.9 Å². The van der Waals surface area contributed by atoms with Crippen molar-refractivity contribution in [3.63, 3.8) is 0 Å². The van der Waals surface area contributed by atoms with Gasteiger partial charge in [0.25, 0.3) is 0 Å². The second kappa shape index (κ2) is 12.5. The lowest BCUT2D eigenvalue weighted by Crippen LogP contribution is -2.42. The Morgan fingerprint density at radius 3 is 2.76 bits per heavy atom. The molecule has 0 amide bonds. The summed E-state index contributed by atoms with van der Waals surface area (Å²) in [7, 11) is 1.66. The van der Waals surface area contributed by atoms with Gasteiger partial charge < -0.3 is 25.4 Å². The Kier molecular flexibility index (Phi) is 10.1. The van der Waals surface area contributed by atoms with Crippen LogP contribution in [0, 0.1) is 0 Å². The molecule has 0 aliphatic carbocycles. The van der Waals surface area contributed by atoms with Crippen molar-refractivity contribution in [2.75, 3.05) is 53.0 Å². The quantitative estimate of drug-likeness (QED) is 0.411. The molecule has 1 aromatic rings. The molecule has 1 unspecified atom stereocenters. The zero-order valence-electron chi connectivity index (χ0n) is 18.6. The largest absolute Gasteiger partial charge is 0.493 e. The van der Waals surface area contributed by atoms with Crippen LogP contribution in [0.4, 0.5) is 0 Å². The standard InChI is InChI=1S/C22H39N5O2/c1-5-26(6-2)13-14-29-20-11-10-18(15-21(20)28-4)16-24-22(23)25-17-19-9-8-12-27(19)7-3/h10-11,15,19H,5-9,12-14,16-17H2,1-4H3,(H3,23,24,25). The van der Waals surface area contributed by atoms with Crippen LogP contribution in [0.15, 0.2) is 23.2 Å². The first-order valence-corrected chi connectivity index (χ1v) is 10.9. The highest BCUT2D eigenvalue weighted by molar-refractivity contribution is 5.77. The lowest BCUT2D eigenvalue weighted by atomic mass is 10.2. The van der Waals surface area contributed by atoms with E-state index in [1.165, 1.54) is 19.4 Å². The van der Waals surface area contributed by atoms with E-state index < -0.39 is 0 Å². The van der Waals surface area contributed by atoms with Crippen molar-refractivity contribution in [3.05, 3.63) is 23.8 Å². The number of nitrogens with zero attached hydrogens (tertiary/aromatic N) is 3. The fourth-order valence-electron chi connectivity index (χ4n) is 3.75. The Morgan fingerprint density at radius 1 is 1.28 bits per heavy atom. The minimum absolute atomic E-state index is 0.492. The first-order chi connectivity index (χ1) is 14.1. The van der Waals surface area contributed by atoms with Crippen molar-refractivity contribution in [1.29, 1.82) is 0 Å². The number of likely N-dealkylation sites (tertiary alicyclic amines) is 1. The number of hydrogen-bond acceptors (Lipinski definition) is 5. The Morgan fingerprint density at radius 2 is 2.07 bits per heavy atom. The van der Waals surface area contributed by atoms with Gasteiger partial charge in [-0.05, 0) is 56.7 Å². The van der Waals surface area contributed by atoms with Gasteiger partial charge in [-0.3, -0.25) is 4.90 Å². The zero-order valence-corrected chi connectivity index (χ0v) is 18.6. The van der Waals surface area contributed by atoms with E-state index in [-0.39, 0.29) is 0 Å². The molecule has 1 aromatic carbocycles. The molecule has 1 aliphatic heterocycles. The molecule has 1 saturated heterocycles. The van der Waals surface area contributed by atoms with Gasteiger partial charge in [-0.1, -0.05) is 26.8 Å². The van der Waals surface area contributed by atoms with Gasteiger partial charge in [-0.2, -0.15) is 0 Å². The summed E-state index contributed by atoms with van der Waals surface area (Å²) in [5.41, 5.74) is 7.11. The fraction of sp³-hybridized carbons (Fsp3) is 0.682. The molecular weight excluding hydrogens is 366 g/mol. The van der Waals surface area contributed by atoms with Crippen molar-refractivity contribution >= 4 is 5.96 Å². The van der Waals surface area contributed by atoms with Gasteiger partial charge >= 0.3 is 0 Å². The summed E-state index contributed by atoms with van der Waals surface area (Å²) >= 11 is 0. The summed E-state index contributed by atoms with van der Waals surface area (Å²) in [5.74, 6) is 1.99. The summed E-state index contributed by atoms with van der Waals surface area (Å²) in [6.07, 6.45) is 2.49. The van der Waals surface area contributed by atoms with Crippen molar-refractivity contribution < 1.29 is 9.47 Å². The molecule has 1 heterocycles. The van der Waals surface area contributed by atoms with Crippen LogP contribution in [-0.2, 0) is 6.54 Å². The molecular formula is C22H39N5O2. The Hall–Kier alpha value is -1.99. The maximum Gasteiger partial charge on any atom is 0.188 e. The molecule has 1 fully saturated rings. The first-order valence-electron chi connectivity index (χ1n) is 10.9. The van der Waals surface area contributed by atoms with Gasteiger partial charge in [0.05, 0.1) is 13.7 Å². The number of hydrogen-bond donors (Lipinski definition) is 2. The molecule has 2 rings (SSSR count). The average Bonchev–Trinajstić information content (AvgIpc) is 3.21. The summed E-state index contributed by atoms with van der Waals surface area (Å²) < 4.78 is 11.4. The molecule has 0 aromatic heterocycles. The van der Waals surface area contributed by atoms with Gasteiger partial charge in [0.15, 0.2) is 17.5 Å². The molecule has 0 radical (unpaired) electrons. The molecule has 0 saturated carbocycles. The summed E-state index contributed by atoms with van der Waals surface area (Å²) in [6, 6.07) is 6.50. The number of methoxy groups -OCH3 is 1. The Balaban J connectivity index is 1.84. The highest BCUT2D eigenvalue weighted by Gasteiger charge is 2.22. The maximum absolute atomic E-state index is 6.07. The predicted octanol–water partition coefficient (Wildman–Crippen LogP) is 2.30. The van der Waals surface area contributed by atoms with Crippen LogP contribution in [0.25, 0.3) is 0 Å². The third-order valence-electron chi connectivity index (χ3n) is 5.64. The fourth-order valence-corrected chi connectivity index (χ4v) is 3.75. The number of nitrogens with two attached hydrogens (primary N) is 1. The smallest absolute Gasteiger partial charge is 0.188 e. The van der Waals surface area contributed by atoms with Crippen LogP contribution in [0.3, 0.4) is 0 Å². The second-order valence-corrected chi connectivity index (χ2v) is 7.37. The topological polar surface area (TPSA) is 75.3 Å². The highest BCUT2D eigenvalue weighted by atomic mass is 16.5. The Labute approximate surface area is 176 Å². The van der Waals surface area contributed by atoms with E-state index in [9.17, 15) is 0 Å². The SMILES string of the molecule is CCN(CC)CCOc1ccc(CN=C(N)NCC2CCCN2CC)cc1OC. The molecule has 29 heavy (non-hydrogen) atoms. The van der Waals surface area contributed by atoms with Gasteiger partial charge in [0, 0.05) is 19.1 Å². The minimum atomic E-state index is 0.492. The molecule has 3 N–H and O–H groups in total. The highest BCUT2D eigenvalue weighted by Crippen LogP contribution is 2.28. The van der Waals surface area contributed by atoms with Gasteiger partial charge in [-0.15, -0.1) is 0 Å². The average molecular weight is 406 g/mol. The summed E-state index contributed by atoms with van der Waals surface area (Å²) in [6.45, 7) is 13.8. The van der Waals surface area contributed by atoms with Gasteiger partial charge in [0.2, 0.25) is 0 Å². The molecule has 7 heteroatoms. The van der Waals surface area contributed by atoms with Crippen molar-refractivity contribution in [2.45, 2.75) is 46.2 Å². The molecule has 7 nitrogen and oxygen atoms in total. The lowest BCUT2D eigenvalue weighted by molar-refractivity contribution is 0.217. The van der Waals surface area contributed by atoms with Gasteiger partial charge in [0.1, 0.15) is 6.61 Å². The third kappa shape index (κ3) is 7.40. The van der Waals surface area contributed by atoms with Crippen LogP contribution in [0.1, 0.15) is 39.2 Å². The van der Waals surface area contributed by atoms with E-state index in [0.29, 0.717) is 25.2 Å². The van der Waals surface area contributed by atoms with Crippen LogP contribution < -0.4 is 20.5 Å². The molecule has 0 spiro atoms. The van der Waals surface area contributed by atoms with Crippen LogP contribution in [0.2, 0.25) is 0 Å². The normalized spacial score (nSPS) is 17.7. The number of rotatable bonds is 12. The summed E-state index contributed by atoms with van der Waals surface area (Å²) in [5, 5.41) is 3.27. The number of nitrogens with one attached hydrogen (secondary N) is 1.